The van der Waals surface area contributed by atoms with E-state index >= 15 is 0 Å². The van der Waals surface area contributed by atoms with Gasteiger partial charge in [0.15, 0.2) is 0 Å². The zero-order chi connectivity index (χ0) is 17.8. The van der Waals surface area contributed by atoms with E-state index in [1.807, 2.05) is 0 Å². The Hall–Kier alpha value is -1.20. The molecule has 22 heavy (non-hydrogen) atoms. The van der Waals surface area contributed by atoms with Crippen molar-refractivity contribution < 1.29 is 44.8 Å². The number of esters is 1. The van der Waals surface area contributed by atoms with Gasteiger partial charge < -0.3 is 9.47 Å². The predicted octanol–water partition coefficient (Wildman–Crippen LogP) is 2.02. The van der Waals surface area contributed by atoms with E-state index in [-0.39, 0.29) is 5.57 Å². The molecule has 0 aromatic heterocycles. The Bertz CT molecular complexity index is 515. The highest BCUT2D eigenvalue weighted by atomic mass is 32.2. The van der Waals surface area contributed by atoms with Crippen LogP contribution in [0.25, 0.3) is 0 Å². The van der Waals surface area contributed by atoms with Crippen molar-refractivity contribution in [1.82, 2.24) is 0 Å². The second kappa shape index (κ2) is 7.38. The standard InChI is InChI=1S/C11H16F4O6S/c1-7(2)21-9(16)8(3)6-20-5-4-10(12,13)11(14,15)22(17,18)19/h7H,3-6H2,1-2H3,(H,17,18,19). The molecule has 0 saturated heterocycles. The quantitative estimate of drug-likeness (QED) is 0.224. The van der Waals surface area contributed by atoms with Gasteiger partial charge in [-0.25, -0.2) is 4.79 Å². The van der Waals surface area contributed by atoms with Crippen LogP contribution in [0, 0.1) is 0 Å². The Morgan fingerprint density at radius 2 is 1.77 bits per heavy atom. The molecule has 130 valence electrons. The third-order valence-electron chi connectivity index (χ3n) is 2.22. The summed E-state index contributed by atoms with van der Waals surface area (Å²) < 4.78 is 89.7. The highest BCUT2D eigenvalue weighted by Gasteiger charge is 2.65. The van der Waals surface area contributed by atoms with Gasteiger partial charge in [-0.2, -0.15) is 26.0 Å². The second-order valence-corrected chi connectivity index (χ2v) is 6.02. The Labute approximate surface area is 124 Å². The molecular weight excluding hydrogens is 336 g/mol. The summed E-state index contributed by atoms with van der Waals surface area (Å²) in [5, 5.41) is -5.64. The summed E-state index contributed by atoms with van der Waals surface area (Å²) in [6.07, 6.45) is -2.13. The topological polar surface area (TPSA) is 89.9 Å². The molecule has 1 N–H and O–H groups in total. The Morgan fingerprint density at radius 3 is 2.18 bits per heavy atom. The largest absolute Gasteiger partial charge is 0.460 e. The molecule has 0 atom stereocenters. The molecule has 0 saturated carbocycles. The smallest absolute Gasteiger partial charge is 0.431 e. The summed E-state index contributed by atoms with van der Waals surface area (Å²) >= 11 is 0. The van der Waals surface area contributed by atoms with Crippen LogP contribution in [0.15, 0.2) is 12.2 Å². The van der Waals surface area contributed by atoms with Gasteiger partial charge in [0.25, 0.3) is 0 Å². The fourth-order valence-electron chi connectivity index (χ4n) is 1.09. The van der Waals surface area contributed by atoms with E-state index in [1.54, 1.807) is 13.8 Å². The Kier molecular flexibility index (Phi) is 6.97. The minimum atomic E-state index is -6.27. The summed E-state index contributed by atoms with van der Waals surface area (Å²) in [5.41, 5.74) is -0.224. The molecule has 0 heterocycles. The number of hydrogen-bond donors (Lipinski definition) is 1. The molecule has 0 rings (SSSR count). The molecule has 0 aliphatic rings. The number of alkyl halides is 4. The molecule has 0 aliphatic heterocycles. The van der Waals surface area contributed by atoms with Crippen LogP contribution in [0.2, 0.25) is 0 Å². The van der Waals surface area contributed by atoms with E-state index in [0.717, 1.165) is 0 Å². The number of carbonyl (C=O) groups is 1. The number of rotatable bonds is 9. The van der Waals surface area contributed by atoms with Crippen LogP contribution in [0.1, 0.15) is 20.3 Å². The van der Waals surface area contributed by atoms with E-state index < -0.39 is 53.0 Å². The number of ether oxygens (including phenoxy) is 2. The molecule has 0 radical (unpaired) electrons. The zero-order valence-corrected chi connectivity index (χ0v) is 12.6. The van der Waals surface area contributed by atoms with Gasteiger partial charge in [-0.15, -0.1) is 0 Å². The van der Waals surface area contributed by atoms with E-state index in [2.05, 4.69) is 11.3 Å². The summed E-state index contributed by atoms with van der Waals surface area (Å²) in [5.74, 6) is -5.88. The number of halogens is 4. The van der Waals surface area contributed by atoms with Crippen LogP contribution in [0.5, 0.6) is 0 Å². The Morgan fingerprint density at radius 1 is 1.27 bits per heavy atom. The van der Waals surface area contributed by atoms with E-state index in [1.165, 1.54) is 0 Å². The fraction of sp³-hybridized carbons (Fsp3) is 0.727. The molecule has 0 spiro atoms. The van der Waals surface area contributed by atoms with E-state index in [4.69, 9.17) is 9.29 Å². The minimum absolute atomic E-state index is 0.224. The van der Waals surface area contributed by atoms with Crippen LogP contribution in [-0.2, 0) is 24.4 Å². The SMILES string of the molecule is C=C(COCCC(F)(F)C(F)(F)S(=O)(=O)O)C(=O)OC(C)C. The van der Waals surface area contributed by atoms with Crippen molar-refractivity contribution in [2.75, 3.05) is 13.2 Å². The van der Waals surface area contributed by atoms with Crippen LogP contribution in [-0.4, -0.2) is 49.4 Å². The van der Waals surface area contributed by atoms with Crippen molar-refractivity contribution in [2.24, 2.45) is 0 Å². The van der Waals surface area contributed by atoms with Crippen LogP contribution < -0.4 is 0 Å². The van der Waals surface area contributed by atoms with Crippen LogP contribution in [0.3, 0.4) is 0 Å². The van der Waals surface area contributed by atoms with Crippen molar-refractivity contribution in [3.8, 4) is 0 Å². The maximum absolute atomic E-state index is 13.1. The lowest BCUT2D eigenvalue weighted by molar-refractivity contribution is -0.170. The zero-order valence-electron chi connectivity index (χ0n) is 11.8. The molecule has 0 amide bonds. The third-order valence-corrected chi connectivity index (χ3v) is 3.16. The predicted molar refractivity (Wildman–Crippen MR) is 67.2 cm³/mol. The molecule has 0 aliphatic carbocycles. The molecule has 0 aromatic rings. The molecule has 0 bridgehead atoms. The second-order valence-electron chi connectivity index (χ2n) is 4.56. The van der Waals surface area contributed by atoms with Crippen molar-refractivity contribution in [1.29, 1.82) is 0 Å². The molecule has 6 nitrogen and oxygen atoms in total. The van der Waals surface area contributed by atoms with Crippen molar-refractivity contribution in [2.45, 2.75) is 37.5 Å². The van der Waals surface area contributed by atoms with E-state index in [0.29, 0.717) is 0 Å². The number of carbonyl (C=O) groups excluding carboxylic acids is 1. The van der Waals surface area contributed by atoms with Crippen molar-refractivity contribution in [3.63, 3.8) is 0 Å². The number of hydrogen-bond acceptors (Lipinski definition) is 5. The average Bonchev–Trinajstić information content (AvgIpc) is 2.31. The first kappa shape index (κ1) is 20.8. The maximum Gasteiger partial charge on any atom is 0.431 e. The molecule has 0 aromatic carbocycles. The van der Waals surface area contributed by atoms with Gasteiger partial charge in [0.2, 0.25) is 0 Å². The summed E-state index contributed by atoms with van der Waals surface area (Å²) in [6, 6.07) is 0. The normalized spacial score (nSPS) is 13.3. The van der Waals surface area contributed by atoms with Crippen molar-refractivity contribution >= 4 is 16.1 Å². The van der Waals surface area contributed by atoms with Gasteiger partial charge >= 0.3 is 27.3 Å². The van der Waals surface area contributed by atoms with Gasteiger partial charge in [-0.3, -0.25) is 4.55 Å². The van der Waals surface area contributed by atoms with Gasteiger partial charge in [0.1, 0.15) is 0 Å². The minimum Gasteiger partial charge on any atom is -0.460 e. The first-order valence-electron chi connectivity index (χ1n) is 5.91. The molecule has 0 fully saturated rings. The Balaban J connectivity index is 4.42. The van der Waals surface area contributed by atoms with Crippen LogP contribution in [0.4, 0.5) is 17.6 Å². The molecular formula is C11H16F4O6S. The van der Waals surface area contributed by atoms with Gasteiger partial charge in [0, 0.05) is 6.42 Å². The lowest BCUT2D eigenvalue weighted by atomic mass is 10.2. The summed E-state index contributed by atoms with van der Waals surface area (Å²) in [4.78, 5) is 11.3. The highest BCUT2D eigenvalue weighted by Crippen LogP contribution is 2.40. The highest BCUT2D eigenvalue weighted by molar-refractivity contribution is 7.87. The van der Waals surface area contributed by atoms with Gasteiger partial charge in [0.05, 0.1) is 24.9 Å². The summed E-state index contributed by atoms with van der Waals surface area (Å²) in [7, 11) is -6.27. The van der Waals surface area contributed by atoms with Gasteiger partial charge in [-0.1, -0.05) is 6.58 Å². The first-order chi connectivity index (χ1) is 9.72. The molecule has 11 heteroatoms. The summed E-state index contributed by atoms with van der Waals surface area (Å²) in [6.45, 7) is 4.83. The lowest BCUT2D eigenvalue weighted by Gasteiger charge is -2.23. The average molecular weight is 352 g/mol. The monoisotopic (exact) mass is 352 g/mol. The first-order valence-corrected chi connectivity index (χ1v) is 7.35. The van der Waals surface area contributed by atoms with Crippen molar-refractivity contribution in [3.05, 3.63) is 12.2 Å². The lowest BCUT2D eigenvalue weighted by Crippen LogP contribution is -2.47. The maximum atomic E-state index is 13.1. The molecule has 0 unspecified atom stereocenters. The van der Waals surface area contributed by atoms with Crippen LogP contribution >= 0.6 is 0 Å². The fourth-order valence-corrected chi connectivity index (χ4v) is 1.57. The van der Waals surface area contributed by atoms with Gasteiger partial charge in [-0.05, 0) is 13.8 Å². The van der Waals surface area contributed by atoms with E-state index in [9.17, 15) is 30.8 Å². The third kappa shape index (κ3) is 5.54.